The fourth-order valence-corrected chi connectivity index (χ4v) is 1.61. The predicted octanol–water partition coefficient (Wildman–Crippen LogP) is 1.76. The maximum atomic E-state index is 12.7. The SMILES string of the molecule is COC(=O)[C@@H](N)c1ccc(F)cc1Br. The lowest BCUT2D eigenvalue weighted by Gasteiger charge is -2.11. The first-order chi connectivity index (χ1) is 6.56. The van der Waals surface area contributed by atoms with E-state index in [0.717, 1.165) is 0 Å². The smallest absolute Gasteiger partial charge is 0.327 e. The van der Waals surface area contributed by atoms with Crippen molar-refractivity contribution < 1.29 is 13.9 Å². The third kappa shape index (κ3) is 2.30. The van der Waals surface area contributed by atoms with E-state index in [9.17, 15) is 9.18 Å². The van der Waals surface area contributed by atoms with Gasteiger partial charge in [-0.3, -0.25) is 4.79 Å². The quantitative estimate of drug-likeness (QED) is 0.826. The van der Waals surface area contributed by atoms with Crippen LogP contribution in [0.2, 0.25) is 0 Å². The number of rotatable bonds is 2. The second-order valence-electron chi connectivity index (χ2n) is 2.67. The average Bonchev–Trinajstić information content (AvgIpc) is 2.15. The zero-order chi connectivity index (χ0) is 10.7. The van der Waals surface area contributed by atoms with E-state index in [2.05, 4.69) is 20.7 Å². The Kier molecular flexibility index (Phi) is 3.60. The summed E-state index contributed by atoms with van der Waals surface area (Å²) in [6.07, 6.45) is 0. The van der Waals surface area contributed by atoms with Crippen LogP contribution in [0.3, 0.4) is 0 Å². The molecule has 14 heavy (non-hydrogen) atoms. The first-order valence-corrected chi connectivity index (χ1v) is 4.64. The number of nitrogens with two attached hydrogens (primary N) is 1. The number of hydrogen-bond donors (Lipinski definition) is 1. The molecule has 1 atom stereocenters. The molecule has 0 fully saturated rings. The van der Waals surface area contributed by atoms with E-state index < -0.39 is 17.8 Å². The third-order valence-electron chi connectivity index (χ3n) is 1.75. The van der Waals surface area contributed by atoms with Crippen molar-refractivity contribution in [1.29, 1.82) is 0 Å². The number of carbonyl (C=O) groups excluding carboxylic acids is 1. The monoisotopic (exact) mass is 261 g/mol. The lowest BCUT2D eigenvalue weighted by Crippen LogP contribution is -2.22. The summed E-state index contributed by atoms with van der Waals surface area (Å²) in [6, 6.07) is 3.04. The van der Waals surface area contributed by atoms with Crippen LogP contribution in [0, 0.1) is 5.82 Å². The van der Waals surface area contributed by atoms with E-state index >= 15 is 0 Å². The van der Waals surface area contributed by atoms with Crippen LogP contribution in [0.4, 0.5) is 4.39 Å². The molecule has 0 aromatic heterocycles. The Labute approximate surface area is 89.2 Å². The van der Waals surface area contributed by atoms with E-state index in [1.165, 1.54) is 25.3 Å². The fraction of sp³-hybridized carbons (Fsp3) is 0.222. The Morgan fingerprint density at radius 2 is 2.29 bits per heavy atom. The van der Waals surface area contributed by atoms with Gasteiger partial charge >= 0.3 is 5.97 Å². The van der Waals surface area contributed by atoms with Crippen LogP contribution in [0.5, 0.6) is 0 Å². The summed E-state index contributed by atoms with van der Waals surface area (Å²) < 4.78 is 17.6. The molecule has 0 aliphatic rings. The number of methoxy groups -OCH3 is 1. The average molecular weight is 262 g/mol. The summed E-state index contributed by atoms with van der Waals surface area (Å²) in [5.41, 5.74) is 6.07. The van der Waals surface area contributed by atoms with Crippen LogP contribution in [-0.2, 0) is 9.53 Å². The molecule has 76 valence electrons. The highest BCUT2D eigenvalue weighted by Gasteiger charge is 2.18. The fourth-order valence-electron chi connectivity index (χ4n) is 1.01. The highest BCUT2D eigenvalue weighted by molar-refractivity contribution is 9.10. The van der Waals surface area contributed by atoms with Crippen LogP contribution in [0.1, 0.15) is 11.6 Å². The maximum Gasteiger partial charge on any atom is 0.327 e. The van der Waals surface area contributed by atoms with Crippen LogP contribution in [0.15, 0.2) is 22.7 Å². The number of hydrogen-bond acceptors (Lipinski definition) is 3. The predicted molar refractivity (Wildman–Crippen MR) is 53.0 cm³/mol. The van der Waals surface area contributed by atoms with Gasteiger partial charge in [-0.2, -0.15) is 0 Å². The van der Waals surface area contributed by atoms with Gasteiger partial charge < -0.3 is 10.5 Å². The van der Waals surface area contributed by atoms with E-state index in [-0.39, 0.29) is 0 Å². The van der Waals surface area contributed by atoms with E-state index in [0.29, 0.717) is 10.0 Å². The summed E-state index contributed by atoms with van der Waals surface area (Å²) in [4.78, 5) is 11.1. The van der Waals surface area contributed by atoms with E-state index in [1.807, 2.05) is 0 Å². The van der Waals surface area contributed by atoms with Gasteiger partial charge in [-0.25, -0.2) is 4.39 Å². The second-order valence-corrected chi connectivity index (χ2v) is 3.52. The molecule has 0 radical (unpaired) electrons. The van der Waals surface area contributed by atoms with Gasteiger partial charge in [-0.05, 0) is 17.7 Å². The van der Waals surface area contributed by atoms with Crippen molar-refractivity contribution in [2.24, 2.45) is 5.73 Å². The Morgan fingerprint density at radius 1 is 1.64 bits per heavy atom. The molecule has 2 N–H and O–H groups in total. The zero-order valence-electron chi connectivity index (χ0n) is 7.46. The number of esters is 1. The maximum absolute atomic E-state index is 12.7. The largest absolute Gasteiger partial charge is 0.468 e. The topological polar surface area (TPSA) is 52.3 Å². The minimum atomic E-state index is -0.894. The molecule has 0 aliphatic carbocycles. The number of carbonyl (C=O) groups is 1. The van der Waals surface area contributed by atoms with Crippen molar-refractivity contribution in [3.05, 3.63) is 34.1 Å². The lowest BCUT2D eigenvalue weighted by atomic mass is 10.1. The zero-order valence-corrected chi connectivity index (χ0v) is 9.05. The summed E-state index contributed by atoms with van der Waals surface area (Å²) in [5.74, 6) is -0.949. The number of halogens is 2. The normalized spacial score (nSPS) is 12.3. The van der Waals surface area contributed by atoms with Gasteiger partial charge in [0.1, 0.15) is 11.9 Å². The molecule has 0 unspecified atom stereocenters. The molecule has 0 spiro atoms. The molecule has 1 rings (SSSR count). The van der Waals surface area contributed by atoms with Crippen LogP contribution >= 0.6 is 15.9 Å². The molecular weight excluding hydrogens is 253 g/mol. The van der Waals surface area contributed by atoms with Crippen molar-refractivity contribution in [2.75, 3.05) is 7.11 Å². The minimum absolute atomic E-state index is 0.391. The van der Waals surface area contributed by atoms with Crippen LogP contribution in [0.25, 0.3) is 0 Å². The molecule has 3 nitrogen and oxygen atoms in total. The van der Waals surface area contributed by atoms with Crippen molar-refractivity contribution in [1.82, 2.24) is 0 Å². The number of benzene rings is 1. The lowest BCUT2D eigenvalue weighted by molar-refractivity contribution is -0.142. The molecule has 0 saturated heterocycles. The van der Waals surface area contributed by atoms with Gasteiger partial charge in [0.2, 0.25) is 0 Å². The summed E-state index contributed by atoms with van der Waals surface area (Å²) in [7, 11) is 1.25. The Hall–Kier alpha value is -0.940. The highest BCUT2D eigenvalue weighted by atomic mass is 79.9. The molecule has 0 aliphatic heterocycles. The van der Waals surface area contributed by atoms with Crippen molar-refractivity contribution >= 4 is 21.9 Å². The molecule has 1 aromatic carbocycles. The van der Waals surface area contributed by atoms with Gasteiger partial charge in [0.15, 0.2) is 0 Å². The van der Waals surface area contributed by atoms with Gasteiger partial charge in [0.05, 0.1) is 7.11 Å². The van der Waals surface area contributed by atoms with Crippen molar-refractivity contribution in [3.8, 4) is 0 Å². The summed E-state index contributed by atoms with van der Waals surface area (Å²) in [6.45, 7) is 0. The highest BCUT2D eigenvalue weighted by Crippen LogP contribution is 2.23. The second kappa shape index (κ2) is 4.52. The summed E-state index contributed by atoms with van der Waals surface area (Å²) in [5, 5.41) is 0. The molecule has 0 bridgehead atoms. The standard InChI is InChI=1S/C9H9BrFNO2/c1-14-9(13)8(12)6-3-2-5(11)4-7(6)10/h2-4,8H,12H2,1H3/t8-/m0/s1. The first-order valence-electron chi connectivity index (χ1n) is 3.84. The van der Waals surface area contributed by atoms with Crippen LogP contribution < -0.4 is 5.73 Å². The van der Waals surface area contributed by atoms with E-state index in [4.69, 9.17) is 5.73 Å². The molecule has 0 amide bonds. The van der Waals surface area contributed by atoms with Crippen molar-refractivity contribution in [3.63, 3.8) is 0 Å². The van der Waals surface area contributed by atoms with Gasteiger partial charge in [0, 0.05) is 4.47 Å². The third-order valence-corrected chi connectivity index (χ3v) is 2.44. The molecular formula is C9H9BrFNO2. The van der Waals surface area contributed by atoms with Gasteiger partial charge in [-0.15, -0.1) is 0 Å². The first kappa shape index (κ1) is 11.1. The van der Waals surface area contributed by atoms with Crippen LogP contribution in [-0.4, -0.2) is 13.1 Å². The minimum Gasteiger partial charge on any atom is -0.468 e. The molecule has 1 aromatic rings. The molecule has 0 saturated carbocycles. The van der Waals surface area contributed by atoms with Gasteiger partial charge in [-0.1, -0.05) is 22.0 Å². The van der Waals surface area contributed by atoms with Crippen molar-refractivity contribution in [2.45, 2.75) is 6.04 Å². The Morgan fingerprint density at radius 3 is 2.79 bits per heavy atom. The summed E-state index contributed by atoms with van der Waals surface area (Å²) >= 11 is 3.12. The Bertz CT molecular complexity index is 357. The molecule has 5 heteroatoms. The van der Waals surface area contributed by atoms with E-state index in [1.54, 1.807) is 0 Å². The number of ether oxygens (including phenoxy) is 1. The Balaban J connectivity index is 3.01. The molecule has 0 heterocycles. The van der Waals surface area contributed by atoms with Gasteiger partial charge in [0.25, 0.3) is 0 Å².